The molecule has 32 heavy (non-hydrogen) atoms. The van der Waals surface area contributed by atoms with Crippen molar-refractivity contribution in [3.8, 4) is 22.6 Å². The van der Waals surface area contributed by atoms with E-state index in [0.717, 1.165) is 11.8 Å². The molecule has 8 heteroatoms. The molecule has 2 heterocycles. The number of carbonyl (C=O) groups is 1. The molecule has 0 bridgehead atoms. The van der Waals surface area contributed by atoms with Crippen molar-refractivity contribution in [3.63, 3.8) is 0 Å². The van der Waals surface area contributed by atoms with Crippen LogP contribution in [0, 0.1) is 0 Å². The third kappa shape index (κ3) is 4.59. The lowest BCUT2D eigenvalue weighted by atomic mass is 10.1. The molecule has 164 valence electrons. The molecule has 0 spiro atoms. The molecule has 4 aromatic rings. The Kier molecular flexibility index (Phi) is 5.85. The van der Waals surface area contributed by atoms with Gasteiger partial charge in [-0.2, -0.15) is 18.3 Å². The molecule has 0 unspecified atom stereocenters. The van der Waals surface area contributed by atoms with Crippen molar-refractivity contribution in [1.82, 2.24) is 14.3 Å². The quantitative estimate of drug-likeness (QED) is 0.375. The van der Waals surface area contributed by atoms with Gasteiger partial charge in [-0.15, -0.1) is 0 Å². The van der Waals surface area contributed by atoms with Gasteiger partial charge in [-0.1, -0.05) is 24.3 Å². The first-order chi connectivity index (χ1) is 15.3. The lowest BCUT2D eigenvalue weighted by molar-refractivity contribution is -0.142. The fourth-order valence-corrected chi connectivity index (χ4v) is 3.37. The summed E-state index contributed by atoms with van der Waals surface area (Å²) in [5.41, 5.74) is 1.97. The smallest absolute Gasteiger partial charge is 0.435 e. The van der Waals surface area contributed by atoms with Gasteiger partial charge in [0.2, 0.25) is 0 Å². The zero-order chi connectivity index (χ0) is 22.7. The number of hydrogen-bond donors (Lipinski definition) is 0. The van der Waals surface area contributed by atoms with Crippen LogP contribution in [0.15, 0.2) is 79.1 Å². The molecule has 0 aliphatic rings. The molecule has 0 amide bonds. The van der Waals surface area contributed by atoms with Crippen LogP contribution in [0.3, 0.4) is 0 Å². The Morgan fingerprint density at radius 2 is 1.59 bits per heavy atom. The Labute approximate surface area is 182 Å². The van der Waals surface area contributed by atoms with E-state index in [-0.39, 0.29) is 12.4 Å². The second kappa shape index (κ2) is 8.74. The van der Waals surface area contributed by atoms with Crippen molar-refractivity contribution in [2.24, 2.45) is 0 Å². The molecule has 0 aliphatic carbocycles. The Hall–Kier alpha value is -3.81. The normalized spacial score (nSPS) is 11.5. The number of aromatic nitrogens is 3. The van der Waals surface area contributed by atoms with E-state index in [1.807, 2.05) is 41.2 Å². The van der Waals surface area contributed by atoms with Crippen LogP contribution in [-0.2, 0) is 22.1 Å². The maximum atomic E-state index is 13.4. The van der Waals surface area contributed by atoms with E-state index in [1.54, 1.807) is 43.3 Å². The number of rotatable bonds is 6. The molecule has 0 N–H and O–H groups in total. The average Bonchev–Trinajstić information content (AvgIpc) is 3.45. The Morgan fingerprint density at radius 3 is 2.19 bits per heavy atom. The second-order valence-electron chi connectivity index (χ2n) is 7.11. The van der Waals surface area contributed by atoms with Crippen molar-refractivity contribution in [2.75, 3.05) is 6.61 Å². The van der Waals surface area contributed by atoms with Crippen LogP contribution >= 0.6 is 0 Å². The standard InChI is InChI=1S/C24H20F3N3O2/c1-2-32-23(31)15-17-5-7-18(8-6-17)21-16-22(24(25,26)27)28-30(21)20-11-9-19(10-12-20)29-13-3-4-14-29/h3-14,16H,2,15H2,1H3. The summed E-state index contributed by atoms with van der Waals surface area (Å²) < 4.78 is 48.4. The minimum absolute atomic E-state index is 0.0992. The molecule has 0 radical (unpaired) electrons. The first-order valence-electron chi connectivity index (χ1n) is 10.0. The number of nitrogens with zero attached hydrogens (tertiary/aromatic N) is 3. The molecule has 0 saturated carbocycles. The van der Waals surface area contributed by atoms with Crippen LogP contribution in [-0.4, -0.2) is 26.9 Å². The fraction of sp³-hybridized carbons (Fsp3) is 0.167. The number of esters is 1. The summed E-state index contributed by atoms with van der Waals surface area (Å²) in [6, 6.07) is 18.6. The summed E-state index contributed by atoms with van der Waals surface area (Å²) in [5, 5.41) is 3.83. The van der Waals surface area contributed by atoms with Gasteiger partial charge in [-0.05, 0) is 55.0 Å². The summed E-state index contributed by atoms with van der Waals surface area (Å²) in [5.74, 6) is -0.354. The molecule has 0 aliphatic heterocycles. The highest BCUT2D eigenvalue weighted by Gasteiger charge is 2.35. The molecule has 5 nitrogen and oxygen atoms in total. The van der Waals surface area contributed by atoms with Crippen molar-refractivity contribution >= 4 is 5.97 Å². The number of halogens is 3. The van der Waals surface area contributed by atoms with Gasteiger partial charge in [0.15, 0.2) is 5.69 Å². The number of alkyl halides is 3. The minimum Gasteiger partial charge on any atom is -0.466 e. The highest BCUT2D eigenvalue weighted by Crippen LogP contribution is 2.33. The van der Waals surface area contributed by atoms with Crippen molar-refractivity contribution < 1.29 is 22.7 Å². The van der Waals surface area contributed by atoms with E-state index in [1.165, 1.54) is 4.68 Å². The van der Waals surface area contributed by atoms with Crippen LogP contribution in [0.5, 0.6) is 0 Å². The Morgan fingerprint density at radius 1 is 0.969 bits per heavy atom. The van der Waals surface area contributed by atoms with E-state index in [4.69, 9.17) is 4.74 Å². The van der Waals surface area contributed by atoms with Crippen LogP contribution in [0.1, 0.15) is 18.2 Å². The Balaban J connectivity index is 1.69. The van der Waals surface area contributed by atoms with Gasteiger partial charge in [-0.3, -0.25) is 4.79 Å². The number of hydrogen-bond acceptors (Lipinski definition) is 3. The van der Waals surface area contributed by atoms with E-state index in [0.29, 0.717) is 29.1 Å². The van der Waals surface area contributed by atoms with Gasteiger partial charge in [0.25, 0.3) is 0 Å². The van der Waals surface area contributed by atoms with Gasteiger partial charge >= 0.3 is 12.1 Å². The number of carbonyl (C=O) groups excluding carboxylic acids is 1. The van der Waals surface area contributed by atoms with E-state index in [9.17, 15) is 18.0 Å². The first-order valence-corrected chi connectivity index (χ1v) is 10.0. The third-order valence-electron chi connectivity index (χ3n) is 4.90. The lowest BCUT2D eigenvalue weighted by Crippen LogP contribution is -2.07. The summed E-state index contributed by atoms with van der Waals surface area (Å²) in [7, 11) is 0. The molecule has 0 atom stereocenters. The van der Waals surface area contributed by atoms with Crippen molar-refractivity contribution in [3.05, 3.63) is 90.4 Å². The van der Waals surface area contributed by atoms with Crippen molar-refractivity contribution in [1.29, 1.82) is 0 Å². The average molecular weight is 439 g/mol. The fourth-order valence-electron chi connectivity index (χ4n) is 3.37. The predicted octanol–water partition coefficient (Wildman–Crippen LogP) is 5.45. The maximum absolute atomic E-state index is 13.4. The summed E-state index contributed by atoms with van der Waals surface area (Å²) >= 11 is 0. The topological polar surface area (TPSA) is 49.0 Å². The van der Waals surface area contributed by atoms with Crippen LogP contribution in [0.25, 0.3) is 22.6 Å². The van der Waals surface area contributed by atoms with Gasteiger partial charge in [-0.25, -0.2) is 4.68 Å². The highest BCUT2D eigenvalue weighted by molar-refractivity contribution is 5.73. The van der Waals surface area contributed by atoms with Crippen LogP contribution in [0.2, 0.25) is 0 Å². The summed E-state index contributed by atoms with van der Waals surface area (Å²) in [6.45, 7) is 2.02. The van der Waals surface area contributed by atoms with E-state index >= 15 is 0 Å². The summed E-state index contributed by atoms with van der Waals surface area (Å²) in [6.07, 6.45) is -0.709. The second-order valence-corrected chi connectivity index (χ2v) is 7.11. The lowest BCUT2D eigenvalue weighted by Gasteiger charge is -2.10. The number of benzene rings is 2. The maximum Gasteiger partial charge on any atom is 0.435 e. The summed E-state index contributed by atoms with van der Waals surface area (Å²) in [4.78, 5) is 11.7. The molecule has 4 rings (SSSR count). The SMILES string of the molecule is CCOC(=O)Cc1ccc(-c2cc(C(F)(F)F)nn2-c2ccc(-n3cccc3)cc2)cc1. The van der Waals surface area contributed by atoms with Crippen molar-refractivity contribution in [2.45, 2.75) is 19.5 Å². The highest BCUT2D eigenvalue weighted by atomic mass is 19.4. The molecule has 2 aromatic carbocycles. The molecular formula is C24H20F3N3O2. The largest absolute Gasteiger partial charge is 0.466 e. The van der Waals surface area contributed by atoms with Gasteiger partial charge in [0.1, 0.15) is 0 Å². The van der Waals surface area contributed by atoms with E-state index < -0.39 is 11.9 Å². The monoisotopic (exact) mass is 439 g/mol. The van der Waals surface area contributed by atoms with E-state index in [2.05, 4.69) is 5.10 Å². The van der Waals surface area contributed by atoms with Gasteiger partial charge < -0.3 is 9.30 Å². The van der Waals surface area contributed by atoms with Gasteiger partial charge in [0, 0.05) is 23.6 Å². The molecule has 0 fully saturated rings. The minimum atomic E-state index is -4.57. The predicted molar refractivity (Wildman–Crippen MR) is 114 cm³/mol. The van der Waals surface area contributed by atoms with Crippen LogP contribution < -0.4 is 0 Å². The number of ether oxygens (including phenoxy) is 1. The van der Waals surface area contributed by atoms with Crippen LogP contribution in [0.4, 0.5) is 13.2 Å². The zero-order valence-electron chi connectivity index (χ0n) is 17.2. The van der Waals surface area contributed by atoms with Gasteiger partial charge in [0.05, 0.1) is 24.4 Å². The molecule has 2 aromatic heterocycles. The molecule has 0 saturated heterocycles. The zero-order valence-corrected chi connectivity index (χ0v) is 17.2. The first kappa shape index (κ1) is 21.4. The Bertz CT molecular complexity index is 1190. The third-order valence-corrected chi connectivity index (χ3v) is 4.90. The molecular weight excluding hydrogens is 419 g/mol.